The Morgan fingerprint density at radius 1 is 1.13 bits per heavy atom. The molecule has 5 heteroatoms. The molecule has 0 atom stereocenters. The van der Waals surface area contributed by atoms with Crippen LogP contribution in [-0.2, 0) is 4.79 Å². The molecule has 0 unspecified atom stereocenters. The van der Waals surface area contributed by atoms with Crippen LogP contribution in [0.1, 0.15) is 36.7 Å². The monoisotopic (exact) mass is 308 g/mol. The van der Waals surface area contributed by atoms with E-state index in [-0.39, 0.29) is 17.8 Å². The molecule has 1 heterocycles. The van der Waals surface area contributed by atoms with Crippen molar-refractivity contribution in [3.63, 3.8) is 0 Å². The number of hydrogen-bond acceptors (Lipinski definition) is 3. The van der Waals surface area contributed by atoms with E-state index in [1.165, 1.54) is 0 Å². The molecule has 0 saturated carbocycles. The summed E-state index contributed by atoms with van der Waals surface area (Å²) in [6.45, 7) is 7.35. The van der Waals surface area contributed by atoms with Gasteiger partial charge in [0.05, 0.1) is 11.3 Å². The first-order chi connectivity index (χ1) is 10.8. The second-order valence-corrected chi connectivity index (χ2v) is 6.69. The van der Waals surface area contributed by atoms with Gasteiger partial charge in [0.25, 0.3) is 5.91 Å². The Balaban J connectivity index is 2.09. The van der Waals surface area contributed by atoms with Gasteiger partial charge in [0, 0.05) is 5.41 Å². The van der Waals surface area contributed by atoms with Crippen molar-refractivity contribution in [2.45, 2.75) is 27.7 Å². The van der Waals surface area contributed by atoms with E-state index in [4.69, 9.17) is 0 Å². The summed E-state index contributed by atoms with van der Waals surface area (Å²) < 4.78 is 0. The highest BCUT2D eigenvalue weighted by Gasteiger charge is 2.28. The summed E-state index contributed by atoms with van der Waals surface area (Å²) in [5.74, 6) is -0.554. The molecule has 2 amide bonds. The number of hydrogen-bond donors (Lipinski definition) is 1. The quantitative estimate of drug-likeness (QED) is 0.812. The number of rotatable bonds is 0. The SMILES string of the molecule is Cc1cc2c(c3ccccc13)C(=O)[N]C(NC(=O)C(C)(C)C)=N2. The Labute approximate surface area is 134 Å². The lowest BCUT2D eigenvalue weighted by Gasteiger charge is -2.21. The van der Waals surface area contributed by atoms with Crippen LogP contribution in [0.2, 0.25) is 0 Å². The van der Waals surface area contributed by atoms with E-state index in [0.29, 0.717) is 11.3 Å². The van der Waals surface area contributed by atoms with Crippen molar-refractivity contribution in [1.82, 2.24) is 10.6 Å². The molecule has 0 spiro atoms. The second-order valence-electron chi connectivity index (χ2n) is 6.69. The molecule has 1 radical (unpaired) electrons. The lowest BCUT2D eigenvalue weighted by Crippen LogP contribution is -2.45. The van der Waals surface area contributed by atoms with E-state index in [9.17, 15) is 9.59 Å². The number of aliphatic imine (C=N–C) groups is 1. The van der Waals surface area contributed by atoms with Crippen LogP contribution >= 0.6 is 0 Å². The molecule has 23 heavy (non-hydrogen) atoms. The zero-order valence-electron chi connectivity index (χ0n) is 13.6. The lowest BCUT2D eigenvalue weighted by molar-refractivity contribution is -0.127. The third-order valence-corrected chi connectivity index (χ3v) is 3.78. The first-order valence-electron chi connectivity index (χ1n) is 7.46. The number of carbonyl (C=O) groups excluding carboxylic acids is 2. The minimum Gasteiger partial charge on any atom is -0.294 e. The molecule has 1 aliphatic heterocycles. The Kier molecular flexibility index (Phi) is 3.43. The van der Waals surface area contributed by atoms with E-state index in [1.807, 2.05) is 37.3 Å². The molecule has 0 saturated heterocycles. The smallest absolute Gasteiger partial charge is 0.283 e. The lowest BCUT2D eigenvalue weighted by atomic mass is 9.95. The summed E-state index contributed by atoms with van der Waals surface area (Å²) in [6.07, 6.45) is 0. The van der Waals surface area contributed by atoms with Crippen LogP contribution in [0.5, 0.6) is 0 Å². The standard InChI is InChI=1S/C18H18N3O2/c1-10-9-13-14(12-8-6-5-7-11(10)12)15(22)20-17(19-13)21-16(23)18(2,3)4/h5-9H,1-4H3,(H,19,21,23). The van der Waals surface area contributed by atoms with Crippen LogP contribution in [-0.4, -0.2) is 17.8 Å². The molecule has 0 bridgehead atoms. The molecule has 0 aliphatic carbocycles. The van der Waals surface area contributed by atoms with E-state index < -0.39 is 5.41 Å². The van der Waals surface area contributed by atoms with Gasteiger partial charge in [0.2, 0.25) is 11.9 Å². The molecule has 5 nitrogen and oxygen atoms in total. The van der Waals surface area contributed by atoms with Gasteiger partial charge in [-0.25, -0.2) is 4.99 Å². The van der Waals surface area contributed by atoms with Crippen LogP contribution < -0.4 is 10.6 Å². The highest BCUT2D eigenvalue weighted by Crippen LogP contribution is 2.33. The third-order valence-electron chi connectivity index (χ3n) is 3.78. The number of fused-ring (bicyclic) bond motifs is 3. The maximum Gasteiger partial charge on any atom is 0.283 e. The minimum atomic E-state index is -0.583. The molecule has 2 aromatic carbocycles. The van der Waals surface area contributed by atoms with Crippen molar-refractivity contribution in [3.8, 4) is 0 Å². The number of nitrogens with one attached hydrogen (secondary N) is 1. The predicted molar refractivity (Wildman–Crippen MR) is 89.8 cm³/mol. The number of aryl methyl sites for hydroxylation is 1. The van der Waals surface area contributed by atoms with Gasteiger partial charge in [-0.2, -0.15) is 5.32 Å². The normalized spacial score (nSPS) is 14.1. The summed E-state index contributed by atoms with van der Waals surface area (Å²) in [5.41, 5.74) is 1.48. The number of benzene rings is 2. The van der Waals surface area contributed by atoms with Crippen molar-refractivity contribution >= 4 is 34.2 Å². The van der Waals surface area contributed by atoms with Crippen LogP contribution in [0.15, 0.2) is 35.3 Å². The zero-order valence-corrected chi connectivity index (χ0v) is 13.6. The van der Waals surface area contributed by atoms with E-state index in [2.05, 4.69) is 15.6 Å². The average Bonchev–Trinajstić information content (AvgIpc) is 2.46. The molecule has 1 N–H and O–H groups in total. The molecule has 2 aromatic rings. The molecule has 3 rings (SSSR count). The molecular formula is C18H18N3O2. The van der Waals surface area contributed by atoms with Crippen molar-refractivity contribution in [2.24, 2.45) is 10.4 Å². The number of amides is 2. The Bertz CT molecular complexity index is 860. The Hall–Kier alpha value is -2.69. The maximum atomic E-state index is 12.5. The molecule has 0 aromatic heterocycles. The van der Waals surface area contributed by atoms with Gasteiger partial charge in [0.1, 0.15) is 0 Å². The van der Waals surface area contributed by atoms with Crippen LogP contribution in [0.25, 0.3) is 10.8 Å². The topological polar surface area (TPSA) is 72.6 Å². The fraction of sp³-hybridized carbons (Fsp3) is 0.278. The van der Waals surface area contributed by atoms with Crippen LogP contribution in [0.4, 0.5) is 5.69 Å². The minimum absolute atomic E-state index is 0.0529. The maximum absolute atomic E-state index is 12.5. The Morgan fingerprint density at radius 3 is 2.43 bits per heavy atom. The van der Waals surface area contributed by atoms with Gasteiger partial charge >= 0.3 is 0 Å². The van der Waals surface area contributed by atoms with Gasteiger partial charge < -0.3 is 0 Å². The Morgan fingerprint density at radius 2 is 1.78 bits per heavy atom. The number of guanidine groups is 1. The fourth-order valence-corrected chi connectivity index (χ4v) is 2.49. The van der Waals surface area contributed by atoms with Crippen molar-refractivity contribution in [3.05, 3.63) is 41.5 Å². The first-order valence-corrected chi connectivity index (χ1v) is 7.46. The van der Waals surface area contributed by atoms with Crippen LogP contribution in [0.3, 0.4) is 0 Å². The van der Waals surface area contributed by atoms with E-state index in [1.54, 1.807) is 20.8 Å². The van der Waals surface area contributed by atoms with E-state index in [0.717, 1.165) is 16.3 Å². The summed E-state index contributed by atoms with van der Waals surface area (Å²) in [6, 6.07) is 9.54. The number of carbonyl (C=O) groups is 2. The highest BCUT2D eigenvalue weighted by atomic mass is 16.2. The van der Waals surface area contributed by atoms with Crippen molar-refractivity contribution in [2.75, 3.05) is 0 Å². The average molecular weight is 308 g/mol. The van der Waals surface area contributed by atoms with Gasteiger partial charge in [-0.1, -0.05) is 45.0 Å². The zero-order chi connectivity index (χ0) is 16.8. The van der Waals surface area contributed by atoms with Gasteiger partial charge in [0.15, 0.2) is 0 Å². The van der Waals surface area contributed by atoms with Gasteiger partial charge in [-0.05, 0) is 29.3 Å². The van der Waals surface area contributed by atoms with Crippen molar-refractivity contribution in [1.29, 1.82) is 0 Å². The summed E-state index contributed by atoms with van der Waals surface area (Å²) in [4.78, 5) is 28.9. The highest BCUT2D eigenvalue weighted by molar-refractivity contribution is 6.20. The summed E-state index contributed by atoms with van der Waals surface area (Å²) >= 11 is 0. The molecule has 0 fully saturated rings. The van der Waals surface area contributed by atoms with Crippen molar-refractivity contribution < 1.29 is 9.59 Å². The summed E-state index contributed by atoms with van der Waals surface area (Å²) in [5, 5.41) is 8.40. The summed E-state index contributed by atoms with van der Waals surface area (Å²) in [7, 11) is 0. The molecule has 117 valence electrons. The van der Waals surface area contributed by atoms with Gasteiger partial charge in [-0.3, -0.25) is 14.9 Å². The van der Waals surface area contributed by atoms with Gasteiger partial charge in [-0.15, -0.1) is 0 Å². The molecular weight excluding hydrogens is 290 g/mol. The second kappa shape index (κ2) is 5.19. The largest absolute Gasteiger partial charge is 0.294 e. The van der Waals surface area contributed by atoms with E-state index >= 15 is 0 Å². The fourth-order valence-electron chi connectivity index (χ4n) is 2.49. The number of nitrogens with zero attached hydrogens (tertiary/aromatic N) is 2. The predicted octanol–water partition coefficient (Wildman–Crippen LogP) is 3.06. The van der Waals surface area contributed by atoms with Crippen LogP contribution in [0, 0.1) is 12.3 Å². The molecule has 1 aliphatic rings. The first kappa shape index (κ1) is 15.2. The third kappa shape index (κ3) is 2.70.